The Morgan fingerprint density at radius 1 is 1.32 bits per heavy atom. The van der Waals surface area contributed by atoms with Crippen LogP contribution in [0.3, 0.4) is 0 Å². The van der Waals surface area contributed by atoms with Gasteiger partial charge in [-0.3, -0.25) is 0 Å². The highest BCUT2D eigenvalue weighted by Gasteiger charge is 2.28. The van der Waals surface area contributed by atoms with Gasteiger partial charge >= 0.3 is 0 Å². The fourth-order valence-corrected chi connectivity index (χ4v) is 3.08. The third kappa shape index (κ3) is 2.30. The molecule has 1 aliphatic carbocycles. The van der Waals surface area contributed by atoms with Gasteiger partial charge in [-0.15, -0.1) is 5.10 Å². The molecule has 0 amide bonds. The number of tetrazole rings is 1. The third-order valence-corrected chi connectivity index (χ3v) is 4.02. The Balaban J connectivity index is 2.04. The lowest BCUT2D eigenvalue weighted by Gasteiger charge is -2.16. The molecule has 1 aromatic heterocycles. The number of nitrogens with zero attached hydrogens (tertiary/aromatic N) is 4. The Hall–Kier alpha value is -1.62. The molecule has 1 saturated carbocycles. The summed E-state index contributed by atoms with van der Waals surface area (Å²) in [5.41, 5.74) is 7.33. The van der Waals surface area contributed by atoms with Crippen molar-refractivity contribution in [2.45, 2.75) is 32.2 Å². The lowest BCUT2D eigenvalue weighted by Crippen LogP contribution is -2.14. The molecule has 6 heteroatoms. The number of halogens is 1. The average molecular weight is 278 g/mol. The molecule has 3 rings (SSSR count). The molecule has 0 aliphatic heterocycles. The van der Waals surface area contributed by atoms with Crippen molar-refractivity contribution in [3.63, 3.8) is 0 Å². The molecule has 0 bridgehead atoms. The highest BCUT2D eigenvalue weighted by Crippen LogP contribution is 2.37. The van der Waals surface area contributed by atoms with Crippen LogP contribution in [0.2, 0.25) is 5.02 Å². The van der Waals surface area contributed by atoms with Crippen molar-refractivity contribution in [3.05, 3.63) is 23.2 Å². The molecule has 0 spiro atoms. The number of rotatable bonds is 2. The summed E-state index contributed by atoms with van der Waals surface area (Å²) in [4.78, 5) is 0. The van der Waals surface area contributed by atoms with Crippen LogP contribution in [0.25, 0.3) is 11.4 Å². The number of aromatic nitrogens is 4. The second-order valence-corrected chi connectivity index (χ2v) is 5.63. The van der Waals surface area contributed by atoms with E-state index in [1.165, 1.54) is 12.8 Å². The predicted octanol–water partition coefficient (Wildman–Crippen LogP) is 2.94. The van der Waals surface area contributed by atoms with E-state index in [0.29, 0.717) is 22.7 Å². The molecule has 2 atom stereocenters. The van der Waals surface area contributed by atoms with Crippen molar-refractivity contribution >= 4 is 17.3 Å². The molecule has 5 nitrogen and oxygen atoms in total. The minimum Gasteiger partial charge on any atom is -0.399 e. The van der Waals surface area contributed by atoms with Crippen LogP contribution in [-0.2, 0) is 0 Å². The van der Waals surface area contributed by atoms with Gasteiger partial charge in [-0.25, -0.2) is 4.68 Å². The van der Waals surface area contributed by atoms with E-state index < -0.39 is 0 Å². The SMILES string of the molecule is CC1CCCC1n1nnnc1-c1cc(N)cc(Cl)c1. The molecule has 1 heterocycles. The van der Waals surface area contributed by atoms with Crippen LogP contribution in [0, 0.1) is 5.92 Å². The molecule has 0 radical (unpaired) electrons. The van der Waals surface area contributed by atoms with E-state index >= 15 is 0 Å². The van der Waals surface area contributed by atoms with Crippen LogP contribution in [0.1, 0.15) is 32.2 Å². The highest BCUT2D eigenvalue weighted by atomic mass is 35.5. The highest BCUT2D eigenvalue weighted by molar-refractivity contribution is 6.31. The summed E-state index contributed by atoms with van der Waals surface area (Å²) < 4.78 is 1.92. The minimum atomic E-state index is 0.366. The first-order chi connectivity index (χ1) is 9.15. The van der Waals surface area contributed by atoms with E-state index in [4.69, 9.17) is 17.3 Å². The molecular formula is C13H16ClN5. The normalized spacial score (nSPS) is 22.8. The van der Waals surface area contributed by atoms with Gasteiger partial charge in [0, 0.05) is 16.3 Å². The maximum atomic E-state index is 6.05. The fraction of sp³-hybridized carbons (Fsp3) is 0.462. The van der Waals surface area contributed by atoms with Gasteiger partial charge in [-0.2, -0.15) is 0 Å². The van der Waals surface area contributed by atoms with Gasteiger partial charge < -0.3 is 5.73 Å². The van der Waals surface area contributed by atoms with Crippen molar-refractivity contribution in [1.29, 1.82) is 0 Å². The Labute approximate surface area is 116 Å². The fourth-order valence-electron chi connectivity index (χ4n) is 2.84. The van der Waals surface area contributed by atoms with Crippen LogP contribution in [0.15, 0.2) is 18.2 Å². The molecule has 1 fully saturated rings. The number of anilines is 1. The molecule has 2 aromatic rings. The van der Waals surface area contributed by atoms with Gasteiger partial charge in [0.25, 0.3) is 0 Å². The first-order valence-corrected chi connectivity index (χ1v) is 6.87. The van der Waals surface area contributed by atoms with Crippen LogP contribution in [-0.4, -0.2) is 20.2 Å². The minimum absolute atomic E-state index is 0.366. The second kappa shape index (κ2) is 4.81. The maximum absolute atomic E-state index is 6.05. The smallest absolute Gasteiger partial charge is 0.182 e. The number of benzene rings is 1. The monoisotopic (exact) mass is 277 g/mol. The van der Waals surface area contributed by atoms with Crippen molar-refractivity contribution in [2.75, 3.05) is 5.73 Å². The van der Waals surface area contributed by atoms with Gasteiger partial charge in [-0.1, -0.05) is 24.9 Å². The van der Waals surface area contributed by atoms with Gasteiger partial charge in [0.1, 0.15) is 0 Å². The Bertz CT molecular complexity index is 574. The molecule has 1 aromatic carbocycles. The van der Waals surface area contributed by atoms with Crippen molar-refractivity contribution in [1.82, 2.24) is 20.2 Å². The lowest BCUT2D eigenvalue weighted by molar-refractivity contribution is 0.370. The largest absolute Gasteiger partial charge is 0.399 e. The zero-order chi connectivity index (χ0) is 13.4. The molecule has 19 heavy (non-hydrogen) atoms. The first kappa shape index (κ1) is 12.4. The van der Waals surface area contributed by atoms with Gasteiger partial charge in [0.15, 0.2) is 5.82 Å². The zero-order valence-corrected chi connectivity index (χ0v) is 11.5. The number of hydrogen-bond acceptors (Lipinski definition) is 4. The second-order valence-electron chi connectivity index (χ2n) is 5.20. The standard InChI is InChI=1S/C13H16ClN5/c1-8-3-2-4-12(8)19-13(16-17-18-19)9-5-10(14)7-11(15)6-9/h5-8,12H,2-4,15H2,1H3. The van der Waals surface area contributed by atoms with Crippen molar-refractivity contribution in [3.8, 4) is 11.4 Å². The Morgan fingerprint density at radius 3 is 2.84 bits per heavy atom. The first-order valence-electron chi connectivity index (χ1n) is 6.49. The molecule has 100 valence electrons. The number of hydrogen-bond donors (Lipinski definition) is 1. The molecular weight excluding hydrogens is 262 g/mol. The van der Waals surface area contributed by atoms with E-state index in [1.807, 2.05) is 16.8 Å². The summed E-state index contributed by atoms with van der Waals surface area (Å²) in [6.45, 7) is 2.25. The van der Waals surface area contributed by atoms with Crippen LogP contribution < -0.4 is 5.73 Å². The summed E-state index contributed by atoms with van der Waals surface area (Å²) in [7, 11) is 0. The average Bonchev–Trinajstić information content (AvgIpc) is 2.95. The van der Waals surface area contributed by atoms with Gasteiger partial charge in [0.05, 0.1) is 6.04 Å². The van der Waals surface area contributed by atoms with E-state index in [1.54, 1.807) is 6.07 Å². The molecule has 2 N–H and O–H groups in total. The van der Waals surface area contributed by atoms with Gasteiger partial charge in [-0.05, 0) is 47.4 Å². The molecule has 2 unspecified atom stereocenters. The lowest BCUT2D eigenvalue weighted by atomic mass is 10.1. The van der Waals surface area contributed by atoms with Crippen LogP contribution >= 0.6 is 11.6 Å². The summed E-state index contributed by atoms with van der Waals surface area (Å²) in [6.07, 6.45) is 3.57. The van der Waals surface area contributed by atoms with Crippen LogP contribution in [0.4, 0.5) is 5.69 Å². The quantitative estimate of drug-likeness (QED) is 0.857. The van der Waals surface area contributed by atoms with E-state index in [0.717, 1.165) is 17.8 Å². The number of nitrogens with two attached hydrogens (primary N) is 1. The van der Waals surface area contributed by atoms with E-state index in [9.17, 15) is 0 Å². The summed E-state index contributed by atoms with van der Waals surface area (Å²) in [6, 6.07) is 5.79. The predicted molar refractivity (Wildman–Crippen MR) is 74.7 cm³/mol. The van der Waals surface area contributed by atoms with E-state index in [-0.39, 0.29) is 0 Å². The Kier molecular flexibility index (Phi) is 3.14. The maximum Gasteiger partial charge on any atom is 0.182 e. The molecule has 0 saturated heterocycles. The molecule has 1 aliphatic rings. The third-order valence-electron chi connectivity index (χ3n) is 3.80. The topological polar surface area (TPSA) is 69.6 Å². The Morgan fingerprint density at radius 2 is 2.16 bits per heavy atom. The van der Waals surface area contributed by atoms with Crippen molar-refractivity contribution in [2.24, 2.45) is 5.92 Å². The van der Waals surface area contributed by atoms with E-state index in [2.05, 4.69) is 22.4 Å². The summed E-state index contributed by atoms with van der Waals surface area (Å²) >= 11 is 6.05. The summed E-state index contributed by atoms with van der Waals surface area (Å²) in [5.74, 6) is 1.34. The number of nitrogen functional groups attached to an aromatic ring is 1. The van der Waals surface area contributed by atoms with Crippen molar-refractivity contribution < 1.29 is 0 Å². The summed E-state index contributed by atoms with van der Waals surface area (Å²) in [5, 5.41) is 12.7. The van der Waals surface area contributed by atoms with Crippen LogP contribution in [0.5, 0.6) is 0 Å². The zero-order valence-electron chi connectivity index (χ0n) is 10.8. The van der Waals surface area contributed by atoms with Gasteiger partial charge in [0.2, 0.25) is 0 Å².